The van der Waals surface area contributed by atoms with Crippen molar-refractivity contribution in [3.8, 4) is 0 Å². The van der Waals surface area contributed by atoms with E-state index in [-0.39, 0.29) is 11.9 Å². The molecule has 1 saturated heterocycles. The maximum absolute atomic E-state index is 12.3. The van der Waals surface area contributed by atoms with Crippen molar-refractivity contribution in [1.29, 1.82) is 0 Å². The third kappa shape index (κ3) is 1.49. The number of fused-ring (bicyclic) bond motifs is 3. The highest BCUT2D eigenvalue weighted by Gasteiger charge is 2.40. The number of halogens is 1. The van der Waals surface area contributed by atoms with E-state index in [1.165, 1.54) is 5.56 Å². The maximum atomic E-state index is 12.3. The van der Waals surface area contributed by atoms with Crippen LogP contribution < -0.4 is 5.32 Å². The lowest BCUT2D eigenvalue weighted by Gasteiger charge is -2.31. The molecule has 90 valence electrons. The Labute approximate surface area is 106 Å². The van der Waals surface area contributed by atoms with Gasteiger partial charge in [0.05, 0.1) is 16.6 Å². The zero-order valence-corrected chi connectivity index (χ0v) is 10.5. The highest BCUT2D eigenvalue weighted by molar-refractivity contribution is 6.34. The molecule has 0 aliphatic carbocycles. The molecule has 1 amide bonds. The predicted octanol–water partition coefficient (Wildman–Crippen LogP) is 2.00. The van der Waals surface area contributed by atoms with Crippen molar-refractivity contribution in [3.63, 3.8) is 0 Å². The third-order valence-electron chi connectivity index (χ3n) is 3.72. The number of nitrogens with one attached hydrogen (secondary N) is 1. The van der Waals surface area contributed by atoms with Crippen LogP contribution in [-0.2, 0) is 6.42 Å². The van der Waals surface area contributed by atoms with Gasteiger partial charge in [-0.2, -0.15) is 0 Å². The van der Waals surface area contributed by atoms with Crippen molar-refractivity contribution < 1.29 is 4.79 Å². The summed E-state index contributed by atoms with van der Waals surface area (Å²) in [5, 5.41) is 3.95. The molecule has 3 nitrogen and oxygen atoms in total. The Kier molecular flexibility index (Phi) is 2.60. The molecule has 3 rings (SSSR count). The Morgan fingerprint density at radius 1 is 1.53 bits per heavy atom. The molecule has 1 aromatic carbocycles. The molecular formula is C13H15ClN2O. The Hall–Kier alpha value is -1.06. The first kappa shape index (κ1) is 11.1. The fraction of sp³-hybridized carbons (Fsp3) is 0.462. The Morgan fingerprint density at radius 3 is 3.12 bits per heavy atom. The molecule has 0 bridgehead atoms. The van der Waals surface area contributed by atoms with Crippen LogP contribution in [0.25, 0.3) is 0 Å². The van der Waals surface area contributed by atoms with Crippen LogP contribution in [0, 0.1) is 0 Å². The summed E-state index contributed by atoms with van der Waals surface area (Å²) in [5.74, 6) is 0.104. The molecule has 1 atom stereocenters. The highest BCUT2D eigenvalue weighted by atomic mass is 35.5. The summed E-state index contributed by atoms with van der Waals surface area (Å²) in [5.41, 5.74) is 3.13. The van der Waals surface area contributed by atoms with Gasteiger partial charge in [-0.15, -0.1) is 0 Å². The second kappa shape index (κ2) is 4.00. The van der Waals surface area contributed by atoms with Crippen LogP contribution in [0.2, 0.25) is 5.02 Å². The molecule has 0 saturated carbocycles. The van der Waals surface area contributed by atoms with Crippen molar-refractivity contribution >= 4 is 17.5 Å². The predicted molar refractivity (Wildman–Crippen MR) is 67.5 cm³/mol. The summed E-state index contributed by atoms with van der Waals surface area (Å²) in [7, 11) is 0. The molecule has 0 unspecified atom stereocenters. The first-order valence-electron chi connectivity index (χ1n) is 6.07. The maximum Gasteiger partial charge on any atom is 0.256 e. The van der Waals surface area contributed by atoms with Gasteiger partial charge in [0.15, 0.2) is 0 Å². The zero-order chi connectivity index (χ0) is 12.0. The number of hydrogen-bond donors (Lipinski definition) is 1. The second-order valence-electron chi connectivity index (χ2n) is 4.57. The minimum absolute atomic E-state index is 0.104. The molecule has 0 spiro atoms. The summed E-state index contributed by atoms with van der Waals surface area (Å²) < 4.78 is 0. The summed E-state index contributed by atoms with van der Waals surface area (Å²) in [6.45, 7) is 4.60. The number of carbonyl (C=O) groups excluding carboxylic acids is 1. The minimum Gasteiger partial charge on any atom is -0.329 e. The van der Waals surface area contributed by atoms with Gasteiger partial charge in [-0.05, 0) is 23.6 Å². The van der Waals surface area contributed by atoms with E-state index in [0.29, 0.717) is 5.02 Å². The second-order valence-corrected chi connectivity index (χ2v) is 4.97. The molecule has 0 radical (unpaired) electrons. The van der Waals surface area contributed by atoms with E-state index in [4.69, 9.17) is 11.6 Å². The normalized spacial score (nSPS) is 22.6. The quantitative estimate of drug-likeness (QED) is 0.827. The van der Waals surface area contributed by atoms with Crippen molar-refractivity contribution in [2.24, 2.45) is 0 Å². The number of rotatable bonds is 1. The molecule has 2 heterocycles. The first-order valence-corrected chi connectivity index (χ1v) is 6.44. The number of aryl methyl sites for hydroxylation is 1. The van der Waals surface area contributed by atoms with E-state index in [1.807, 2.05) is 17.0 Å². The Balaban J connectivity index is 2.20. The summed E-state index contributed by atoms with van der Waals surface area (Å²) in [4.78, 5) is 14.3. The van der Waals surface area contributed by atoms with E-state index in [0.717, 1.165) is 37.2 Å². The van der Waals surface area contributed by atoms with E-state index in [1.54, 1.807) is 0 Å². The van der Waals surface area contributed by atoms with Gasteiger partial charge in [-0.25, -0.2) is 0 Å². The van der Waals surface area contributed by atoms with Crippen molar-refractivity contribution in [1.82, 2.24) is 10.2 Å². The average molecular weight is 251 g/mol. The molecule has 0 aromatic heterocycles. The van der Waals surface area contributed by atoms with Crippen molar-refractivity contribution in [3.05, 3.63) is 33.8 Å². The highest BCUT2D eigenvalue weighted by Crippen LogP contribution is 2.40. The van der Waals surface area contributed by atoms with Crippen LogP contribution in [-0.4, -0.2) is 30.4 Å². The summed E-state index contributed by atoms with van der Waals surface area (Å²) in [6, 6.07) is 4.08. The number of carbonyl (C=O) groups is 1. The van der Waals surface area contributed by atoms with Crippen LogP contribution in [0.1, 0.15) is 34.5 Å². The van der Waals surface area contributed by atoms with Crippen LogP contribution in [0.3, 0.4) is 0 Å². The van der Waals surface area contributed by atoms with Gasteiger partial charge in [0, 0.05) is 19.6 Å². The molecule has 1 fully saturated rings. The van der Waals surface area contributed by atoms with Gasteiger partial charge in [0.1, 0.15) is 0 Å². The van der Waals surface area contributed by atoms with E-state index in [2.05, 4.69) is 12.2 Å². The van der Waals surface area contributed by atoms with E-state index >= 15 is 0 Å². The van der Waals surface area contributed by atoms with Crippen LogP contribution >= 0.6 is 11.6 Å². The van der Waals surface area contributed by atoms with E-state index in [9.17, 15) is 4.79 Å². The molecule has 2 aliphatic rings. The number of benzene rings is 1. The van der Waals surface area contributed by atoms with Crippen LogP contribution in [0.4, 0.5) is 0 Å². The monoisotopic (exact) mass is 250 g/mol. The Bertz CT molecular complexity index is 487. The standard InChI is InChI=1S/C13H15ClN2O/c1-2-8-3-4-9(14)12-11(8)10-7-15-5-6-16(10)13(12)17/h3-4,10,15H,2,5-7H2,1H3/t10-/m0/s1. The van der Waals surface area contributed by atoms with Crippen LogP contribution in [0.5, 0.6) is 0 Å². The molecular weight excluding hydrogens is 236 g/mol. The number of nitrogens with zero attached hydrogens (tertiary/aromatic N) is 1. The molecule has 17 heavy (non-hydrogen) atoms. The topological polar surface area (TPSA) is 32.3 Å². The number of amides is 1. The van der Waals surface area contributed by atoms with Gasteiger partial charge in [0.2, 0.25) is 0 Å². The molecule has 2 aliphatic heterocycles. The molecule has 1 aromatic rings. The SMILES string of the molecule is CCc1ccc(Cl)c2c1[C@@H]1CNCCN1C2=O. The zero-order valence-electron chi connectivity index (χ0n) is 9.79. The first-order chi connectivity index (χ1) is 8.24. The number of hydrogen-bond acceptors (Lipinski definition) is 2. The number of piperazine rings is 1. The van der Waals surface area contributed by atoms with Gasteiger partial charge in [-0.3, -0.25) is 4.79 Å². The average Bonchev–Trinajstić information content (AvgIpc) is 2.66. The van der Waals surface area contributed by atoms with Crippen molar-refractivity contribution in [2.45, 2.75) is 19.4 Å². The smallest absolute Gasteiger partial charge is 0.256 e. The largest absolute Gasteiger partial charge is 0.329 e. The fourth-order valence-electron chi connectivity index (χ4n) is 2.89. The lowest BCUT2D eigenvalue weighted by Crippen LogP contribution is -2.44. The minimum atomic E-state index is 0.104. The molecule has 1 N–H and O–H groups in total. The molecule has 4 heteroatoms. The fourth-order valence-corrected chi connectivity index (χ4v) is 3.14. The lowest BCUT2D eigenvalue weighted by molar-refractivity contribution is 0.0690. The van der Waals surface area contributed by atoms with Crippen LogP contribution in [0.15, 0.2) is 12.1 Å². The van der Waals surface area contributed by atoms with E-state index < -0.39 is 0 Å². The Morgan fingerprint density at radius 2 is 2.35 bits per heavy atom. The lowest BCUT2D eigenvalue weighted by atomic mass is 9.96. The van der Waals surface area contributed by atoms with Gasteiger partial charge in [0.25, 0.3) is 5.91 Å². The summed E-state index contributed by atoms with van der Waals surface area (Å²) >= 11 is 6.19. The van der Waals surface area contributed by atoms with Crippen molar-refractivity contribution in [2.75, 3.05) is 19.6 Å². The van der Waals surface area contributed by atoms with Gasteiger partial charge < -0.3 is 10.2 Å². The third-order valence-corrected chi connectivity index (χ3v) is 4.03. The summed E-state index contributed by atoms with van der Waals surface area (Å²) in [6.07, 6.45) is 0.942. The van der Waals surface area contributed by atoms with Gasteiger partial charge in [-0.1, -0.05) is 24.6 Å². The van der Waals surface area contributed by atoms with Gasteiger partial charge >= 0.3 is 0 Å².